The number of hydrogen-bond donors (Lipinski definition) is 1. The van der Waals surface area contributed by atoms with Gasteiger partial charge in [-0.1, -0.05) is 56.0 Å². The third-order valence-corrected chi connectivity index (χ3v) is 3.89. The Morgan fingerprint density at radius 1 is 0.769 bits per heavy atom. The first-order valence-electron chi connectivity index (χ1n) is 8.78. The summed E-state index contributed by atoms with van der Waals surface area (Å²) in [6, 6.07) is 19.1. The molecular weight excluding hydrogens is 321 g/mol. The van der Waals surface area contributed by atoms with Gasteiger partial charge in [-0.05, 0) is 66.4 Å². The van der Waals surface area contributed by atoms with Gasteiger partial charge in [0.2, 0.25) is 0 Å². The lowest BCUT2D eigenvalue weighted by molar-refractivity contribution is 0.622. The van der Waals surface area contributed by atoms with Crippen LogP contribution in [0, 0.1) is 31.5 Å². The average Bonchev–Trinajstić information content (AvgIpc) is 2.64. The smallest absolute Gasteiger partial charge is 0.139 e. The topological polar surface area (TPSA) is 26.0 Å². The molecule has 0 saturated carbocycles. The summed E-state index contributed by atoms with van der Waals surface area (Å²) in [4.78, 5) is 0. The zero-order valence-corrected chi connectivity index (χ0v) is 15.7. The molecule has 0 amide bonds. The van der Waals surface area contributed by atoms with Gasteiger partial charge in [-0.2, -0.15) is 0 Å². The van der Waals surface area contributed by atoms with Crippen molar-refractivity contribution in [3.05, 3.63) is 88.7 Å². The van der Waals surface area contributed by atoms with Gasteiger partial charge >= 0.3 is 0 Å². The van der Waals surface area contributed by atoms with E-state index in [0.717, 1.165) is 33.5 Å². The minimum absolute atomic E-state index is 0.265. The zero-order chi connectivity index (χ0) is 19.1. The van der Waals surface area contributed by atoms with E-state index in [1.165, 1.54) is 6.07 Å². The zero-order valence-electron chi connectivity index (χ0n) is 15.7. The maximum absolute atomic E-state index is 14.0. The lowest BCUT2D eigenvalue weighted by Gasteiger charge is -2.03. The van der Waals surface area contributed by atoms with E-state index in [1.807, 2.05) is 82.3 Å². The Morgan fingerprint density at radius 2 is 1.31 bits per heavy atom. The maximum Gasteiger partial charge on any atom is 0.139 e. The van der Waals surface area contributed by atoms with Crippen molar-refractivity contribution in [1.82, 2.24) is 0 Å². The fourth-order valence-electron chi connectivity index (χ4n) is 2.63. The summed E-state index contributed by atoms with van der Waals surface area (Å²) in [7, 11) is 0. The van der Waals surface area contributed by atoms with Crippen molar-refractivity contribution in [1.29, 1.82) is 0 Å². The van der Waals surface area contributed by atoms with Crippen molar-refractivity contribution in [3.63, 3.8) is 0 Å². The van der Waals surface area contributed by atoms with E-state index in [2.05, 4.69) is 11.8 Å². The van der Waals surface area contributed by atoms with Gasteiger partial charge in [0, 0.05) is 11.3 Å². The van der Waals surface area contributed by atoms with E-state index < -0.39 is 0 Å². The molecule has 3 rings (SSSR count). The summed E-state index contributed by atoms with van der Waals surface area (Å²) in [6.45, 7) is 7.76. The van der Waals surface area contributed by atoms with E-state index in [-0.39, 0.29) is 5.82 Å². The lowest BCUT2D eigenvalue weighted by Crippen LogP contribution is -1.90. The van der Waals surface area contributed by atoms with Crippen LogP contribution < -0.4 is 5.73 Å². The van der Waals surface area contributed by atoms with Crippen LogP contribution in [0.2, 0.25) is 0 Å². The van der Waals surface area contributed by atoms with Gasteiger partial charge < -0.3 is 5.73 Å². The van der Waals surface area contributed by atoms with Crippen LogP contribution in [0.1, 0.15) is 36.1 Å². The molecule has 0 bridgehead atoms. The van der Waals surface area contributed by atoms with E-state index in [1.54, 1.807) is 0 Å². The largest absolute Gasteiger partial charge is 0.399 e. The van der Waals surface area contributed by atoms with Gasteiger partial charge in [-0.3, -0.25) is 0 Å². The minimum Gasteiger partial charge on any atom is -0.399 e. The average molecular weight is 345 g/mol. The summed E-state index contributed by atoms with van der Waals surface area (Å²) in [5.74, 6) is 5.72. The van der Waals surface area contributed by atoms with Crippen molar-refractivity contribution in [3.8, 4) is 23.0 Å². The first-order valence-corrected chi connectivity index (χ1v) is 8.78. The highest BCUT2D eigenvalue weighted by molar-refractivity contribution is 5.66. The molecule has 0 spiro atoms. The summed E-state index contributed by atoms with van der Waals surface area (Å²) in [6.07, 6.45) is 0. The normalized spacial score (nSPS) is 9.58. The van der Waals surface area contributed by atoms with Crippen LogP contribution >= 0.6 is 0 Å². The van der Waals surface area contributed by atoms with Crippen molar-refractivity contribution in [2.45, 2.75) is 27.7 Å². The molecule has 0 fully saturated rings. The molecule has 2 heteroatoms. The Bertz CT molecular complexity index is 904. The van der Waals surface area contributed by atoms with Crippen LogP contribution in [0.3, 0.4) is 0 Å². The predicted molar refractivity (Wildman–Crippen MR) is 109 cm³/mol. The van der Waals surface area contributed by atoms with Gasteiger partial charge in [-0.25, -0.2) is 4.39 Å². The molecule has 0 radical (unpaired) electrons. The molecule has 0 aromatic heterocycles. The number of hydrogen-bond acceptors (Lipinski definition) is 1. The van der Waals surface area contributed by atoms with Gasteiger partial charge in [0.15, 0.2) is 0 Å². The standard InChI is InChI=1S/C22H18FN.C2H6/c1-15-13-16(2)21(22(23)14-15)12-5-17-3-6-18(7-4-17)19-8-10-20(24)11-9-19;1-2/h3-4,6-11,13-14H,24H2,1-2H3;1-2H3. The van der Waals surface area contributed by atoms with Gasteiger partial charge in [0.05, 0.1) is 5.56 Å². The number of rotatable bonds is 1. The maximum atomic E-state index is 14.0. The Hall–Kier alpha value is -3.05. The SMILES string of the molecule is CC.Cc1cc(C)c(C#Cc2ccc(-c3ccc(N)cc3)cc2)c(F)c1. The van der Waals surface area contributed by atoms with Crippen LogP contribution in [-0.4, -0.2) is 0 Å². The highest BCUT2D eigenvalue weighted by atomic mass is 19.1. The quantitative estimate of drug-likeness (QED) is 0.417. The summed E-state index contributed by atoms with van der Waals surface area (Å²) in [5.41, 5.74) is 11.7. The number of benzene rings is 3. The molecule has 0 aliphatic rings. The number of nitrogens with two attached hydrogens (primary N) is 1. The second kappa shape index (κ2) is 8.87. The Morgan fingerprint density at radius 3 is 1.85 bits per heavy atom. The van der Waals surface area contributed by atoms with Crippen LogP contribution in [-0.2, 0) is 0 Å². The predicted octanol–water partition coefficient (Wildman–Crippen LogP) is 6.12. The molecule has 0 heterocycles. The molecule has 3 aromatic carbocycles. The molecule has 26 heavy (non-hydrogen) atoms. The lowest BCUT2D eigenvalue weighted by atomic mass is 10.0. The van der Waals surface area contributed by atoms with E-state index in [9.17, 15) is 4.39 Å². The molecule has 3 aromatic rings. The number of aryl methyl sites for hydroxylation is 2. The van der Waals surface area contributed by atoms with Gasteiger partial charge in [0.25, 0.3) is 0 Å². The van der Waals surface area contributed by atoms with E-state index in [0.29, 0.717) is 5.56 Å². The number of anilines is 1. The molecule has 0 aliphatic heterocycles. The molecular formula is C24H24FN. The van der Waals surface area contributed by atoms with Crippen molar-refractivity contribution >= 4 is 5.69 Å². The summed E-state index contributed by atoms with van der Waals surface area (Å²) < 4.78 is 14.0. The Kier molecular flexibility index (Phi) is 6.58. The molecule has 132 valence electrons. The fraction of sp³-hybridized carbons (Fsp3) is 0.167. The third-order valence-electron chi connectivity index (χ3n) is 3.89. The van der Waals surface area contributed by atoms with Crippen molar-refractivity contribution < 1.29 is 4.39 Å². The fourth-order valence-corrected chi connectivity index (χ4v) is 2.63. The molecule has 1 nitrogen and oxygen atoms in total. The van der Waals surface area contributed by atoms with Crippen molar-refractivity contribution in [2.75, 3.05) is 5.73 Å². The molecule has 0 saturated heterocycles. The number of halogens is 1. The molecule has 0 unspecified atom stereocenters. The minimum atomic E-state index is -0.265. The molecule has 2 N–H and O–H groups in total. The van der Waals surface area contributed by atoms with E-state index >= 15 is 0 Å². The Balaban J connectivity index is 0.00000117. The molecule has 0 aliphatic carbocycles. The van der Waals surface area contributed by atoms with Gasteiger partial charge in [-0.15, -0.1) is 0 Å². The Labute approximate surface area is 155 Å². The highest BCUT2D eigenvalue weighted by Crippen LogP contribution is 2.21. The second-order valence-corrected chi connectivity index (χ2v) is 5.89. The molecule has 0 atom stereocenters. The van der Waals surface area contributed by atoms with Gasteiger partial charge in [0.1, 0.15) is 5.82 Å². The number of nitrogen functional groups attached to an aromatic ring is 1. The third kappa shape index (κ3) is 4.74. The van der Waals surface area contributed by atoms with Crippen LogP contribution in [0.4, 0.5) is 10.1 Å². The van der Waals surface area contributed by atoms with Crippen LogP contribution in [0.5, 0.6) is 0 Å². The van der Waals surface area contributed by atoms with Crippen LogP contribution in [0.25, 0.3) is 11.1 Å². The second-order valence-electron chi connectivity index (χ2n) is 5.89. The highest BCUT2D eigenvalue weighted by Gasteiger charge is 2.04. The summed E-state index contributed by atoms with van der Waals surface area (Å²) in [5, 5.41) is 0. The first-order chi connectivity index (χ1) is 12.5. The monoisotopic (exact) mass is 345 g/mol. The summed E-state index contributed by atoms with van der Waals surface area (Å²) >= 11 is 0. The van der Waals surface area contributed by atoms with E-state index in [4.69, 9.17) is 5.73 Å². The van der Waals surface area contributed by atoms with Crippen molar-refractivity contribution in [2.24, 2.45) is 0 Å². The first kappa shape index (κ1) is 19.3. The van der Waals surface area contributed by atoms with Crippen LogP contribution in [0.15, 0.2) is 60.7 Å².